The van der Waals surface area contributed by atoms with Crippen LogP contribution in [0.25, 0.3) is 0 Å². The Balaban J connectivity index is 1.24. The Labute approximate surface area is 344 Å². The van der Waals surface area contributed by atoms with Gasteiger partial charge in [-0.25, -0.2) is 36.5 Å². The molecule has 4 aromatic heterocycles. The predicted molar refractivity (Wildman–Crippen MR) is 222 cm³/mol. The topological polar surface area (TPSA) is 72.2 Å². The summed E-state index contributed by atoms with van der Waals surface area (Å²) < 4.78 is 43.9. The van der Waals surface area contributed by atoms with Gasteiger partial charge in [0.05, 0.1) is 84.2 Å². The first kappa shape index (κ1) is 46.4. The van der Waals surface area contributed by atoms with E-state index < -0.39 is 0 Å². The highest BCUT2D eigenvalue weighted by atomic mass is 16.5. The molecule has 4 aromatic rings. The lowest BCUT2D eigenvalue weighted by molar-refractivity contribution is -0.697. The van der Waals surface area contributed by atoms with E-state index in [1.165, 1.54) is 0 Å². The monoisotopic (exact) mass is 797 g/mol. The van der Waals surface area contributed by atoms with Gasteiger partial charge in [-0.15, -0.1) is 0 Å². The third-order valence-electron chi connectivity index (χ3n) is 10.9. The van der Waals surface area contributed by atoms with Crippen LogP contribution in [0, 0.1) is 5.41 Å². The van der Waals surface area contributed by atoms with E-state index in [0.29, 0.717) is 26.4 Å². The second-order valence-corrected chi connectivity index (χ2v) is 15.9. The molecule has 320 valence electrons. The molecule has 0 aliphatic rings. The van der Waals surface area contributed by atoms with Crippen LogP contribution in [0.15, 0.2) is 74.9 Å². The minimum atomic E-state index is -0.338. The molecule has 0 amide bonds. The molecule has 0 bridgehead atoms. The van der Waals surface area contributed by atoms with Gasteiger partial charge in [0.1, 0.15) is 49.6 Å². The summed E-state index contributed by atoms with van der Waals surface area (Å²) in [5, 5.41) is 0. The van der Waals surface area contributed by atoms with Gasteiger partial charge < -0.3 is 18.9 Å². The summed E-state index contributed by atoms with van der Waals surface area (Å²) in [6, 6.07) is 0. The fourth-order valence-corrected chi connectivity index (χ4v) is 7.14. The van der Waals surface area contributed by atoms with Crippen molar-refractivity contribution >= 4 is 0 Å². The van der Waals surface area contributed by atoms with Crippen LogP contribution in [0.3, 0.4) is 0 Å². The van der Waals surface area contributed by atoms with Gasteiger partial charge in [-0.2, -0.15) is 0 Å². The van der Waals surface area contributed by atoms with Crippen molar-refractivity contribution in [1.82, 2.24) is 18.3 Å². The number of aryl methyl sites for hydroxylation is 8. The Morgan fingerprint density at radius 3 is 0.807 bits per heavy atom. The molecule has 0 saturated heterocycles. The average Bonchev–Trinajstić information content (AvgIpc) is 4.07. The number of hydrogen-bond donors (Lipinski definition) is 0. The van der Waals surface area contributed by atoms with Crippen molar-refractivity contribution in [3.05, 3.63) is 74.9 Å². The van der Waals surface area contributed by atoms with Gasteiger partial charge in [0.25, 0.3) is 0 Å². The summed E-state index contributed by atoms with van der Waals surface area (Å²) in [5.74, 6) is 0. The van der Waals surface area contributed by atoms with Crippen LogP contribution in [-0.2, 0) is 71.3 Å². The van der Waals surface area contributed by atoms with E-state index in [2.05, 4.69) is 139 Å². The summed E-state index contributed by atoms with van der Waals surface area (Å²) in [6.45, 7) is 22.2. The average molecular weight is 797 g/mol. The SMILES string of the molecule is CCn1cc[n+](CCCCCOCC(COCCCCC[n+]2ccn(CC)c2)(COCCCCC[n+]2ccn(CC)c2)COCCCCC[n+]2ccn(CC)c2)c1. The minimum absolute atomic E-state index is 0.338. The Kier molecular flexibility index (Phi) is 22.9. The smallest absolute Gasteiger partial charge is 0.243 e. The number of unbranched alkanes of at least 4 members (excludes halogenated alkanes) is 8. The summed E-state index contributed by atoms with van der Waals surface area (Å²) in [4.78, 5) is 0. The fraction of sp³-hybridized carbons (Fsp3) is 0.733. The number of rotatable bonds is 36. The predicted octanol–water partition coefficient (Wildman–Crippen LogP) is 5.96. The summed E-state index contributed by atoms with van der Waals surface area (Å²) in [5.41, 5.74) is -0.338. The van der Waals surface area contributed by atoms with Crippen molar-refractivity contribution in [3.8, 4) is 0 Å². The quantitative estimate of drug-likeness (QED) is 0.0422. The van der Waals surface area contributed by atoms with Crippen LogP contribution in [0.1, 0.15) is 105 Å². The van der Waals surface area contributed by atoms with Crippen molar-refractivity contribution in [2.45, 2.75) is 157 Å². The summed E-state index contributed by atoms with van der Waals surface area (Å²) in [6.07, 6.45) is 39.4. The lowest BCUT2D eigenvalue weighted by Gasteiger charge is -2.33. The number of nitrogens with zero attached hydrogens (tertiary/aromatic N) is 8. The molecule has 0 aliphatic heterocycles. The van der Waals surface area contributed by atoms with E-state index in [1.807, 2.05) is 0 Å². The van der Waals surface area contributed by atoms with Gasteiger partial charge in [-0.05, 0) is 105 Å². The van der Waals surface area contributed by atoms with Crippen molar-refractivity contribution in [3.63, 3.8) is 0 Å². The van der Waals surface area contributed by atoms with Gasteiger partial charge in [0.2, 0.25) is 25.3 Å². The van der Waals surface area contributed by atoms with Crippen LogP contribution in [-0.4, -0.2) is 71.1 Å². The van der Waals surface area contributed by atoms with E-state index in [1.54, 1.807) is 0 Å². The molecule has 0 spiro atoms. The maximum absolute atomic E-state index is 6.48. The number of imidazole rings is 4. The van der Waals surface area contributed by atoms with Crippen LogP contribution < -0.4 is 18.3 Å². The zero-order valence-electron chi connectivity index (χ0n) is 36.4. The molecule has 0 radical (unpaired) electrons. The Morgan fingerprint density at radius 2 is 0.596 bits per heavy atom. The minimum Gasteiger partial charge on any atom is -0.381 e. The highest BCUT2D eigenvalue weighted by Gasteiger charge is 2.32. The fourth-order valence-electron chi connectivity index (χ4n) is 7.14. The first-order valence-electron chi connectivity index (χ1n) is 22.5. The highest BCUT2D eigenvalue weighted by molar-refractivity contribution is 4.80. The highest BCUT2D eigenvalue weighted by Crippen LogP contribution is 2.22. The number of hydrogen-bond acceptors (Lipinski definition) is 4. The van der Waals surface area contributed by atoms with Crippen LogP contribution >= 0.6 is 0 Å². The molecule has 12 heteroatoms. The van der Waals surface area contributed by atoms with Crippen molar-refractivity contribution < 1.29 is 37.2 Å². The molecular weight excluding hydrogens is 717 g/mol. The van der Waals surface area contributed by atoms with Crippen molar-refractivity contribution in [2.24, 2.45) is 5.41 Å². The third-order valence-corrected chi connectivity index (χ3v) is 10.9. The van der Waals surface area contributed by atoms with Gasteiger partial charge >= 0.3 is 0 Å². The zero-order valence-corrected chi connectivity index (χ0v) is 36.4. The molecule has 0 saturated carbocycles. The molecular formula is C45H80N8O4+4. The molecule has 4 rings (SSSR count). The normalized spacial score (nSPS) is 12.0. The standard InChI is InChI=1S/C45H80N8O4/c1-5-46-25-29-50(41-46)21-13-9-17-33-54-37-45(38-55-34-18-10-14-22-51-30-26-47(6-2)42-51,39-56-35-19-11-15-23-52-31-27-48(7-3)43-52)40-57-36-20-12-16-24-53-32-28-49(8-4)44-53/h25-32,41-44H,5-24,33-40H2,1-4H3/q+4. The maximum atomic E-state index is 6.48. The van der Waals surface area contributed by atoms with Gasteiger partial charge in [-0.3, -0.25) is 0 Å². The Hall–Kier alpha value is -3.32. The van der Waals surface area contributed by atoms with E-state index in [9.17, 15) is 0 Å². The largest absolute Gasteiger partial charge is 0.381 e. The van der Waals surface area contributed by atoms with E-state index in [4.69, 9.17) is 18.9 Å². The molecule has 0 N–H and O–H groups in total. The molecule has 0 fully saturated rings. The maximum Gasteiger partial charge on any atom is 0.243 e. The lowest BCUT2D eigenvalue weighted by Crippen LogP contribution is -2.42. The van der Waals surface area contributed by atoms with E-state index >= 15 is 0 Å². The second-order valence-electron chi connectivity index (χ2n) is 15.9. The van der Waals surface area contributed by atoms with Crippen molar-refractivity contribution in [1.29, 1.82) is 0 Å². The lowest BCUT2D eigenvalue weighted by atomic mass is 9.92. The van der Waals surface area contributed by atoms with E-state index in [-0.39, 0.29) is 5.41 Å². The Morgan fingerprint density at radius 1 is 0.351 bits per heavy atom. The second kappa shape index (κ2) is 28.2. The summed E-state index contributed by atoms with van der Waals surface area (Å²) >= 11 is 0. The molecule has 0 aliphatic carbocycles. The van der Waals surface area contributed by atoms with Crippen LogP contribution in [0.5, 0.6) is 0 Å². The van der Waals surface area contributed by atoms with Crippen LogP contribution in [0.4, 0.5) is 0 Å². The van der Waals surface area contributed by atoms with Gasteiger partial charge in [0.15, 0.2) is 0 Å². The molecule has 57 heavy (non-hydrogen) atoms. The van der Waals surface area contributed by atoms with E-state index in [0.717, 1.165) is 156 Å². The molecule has 0 atom stereocenters. The van der Waals surface area contributed by atoms with Gasteiger partial charge in [0, 0.05) is 26.4 Å². The van der Waals surface area contributed by atoms with Crippen molar-refractivity contribution in [2.75, 3.05) is 52.9 Å². The zero-order chi connectivity index (χ0) is 40.2. The van der Waals surface area contributed by atoms with Crippen LogP contribution in [0.2, 0.25) is 0 Å². The first-order chi connectivity index (χ1) is 28.0. The van der Waals surface area contributed by atoms with Gasteiger partial charge in [-0.1, -0.05) is 0 Å². The molecule has 12 nitrogen and oxygen atoms in total. The number of ether oxygens (including phenoxy) is 4. The third kappa shape index (κ3) is 18.9. The summed E-state index contributed by atoms with van der Waals surface area (Å²) in [7, 11) is 0. The Bertz CT molecular complexity index is 1330. The molecule has 0 aromatic carbocycles. The number of aromatic nitrogens is 8. The molecule has 0 unspecified atom stereocenters. The molecule has 4 heterocycles. The first-order valence-corrected chi connectivity index (χ1v) is 22.5.